The van der Waals surface area contributed by atoms with Crippen LogP contribution in [0.5, 0.6) is 10.9 Å². The van der Waals surface area contributed by atoms with Gasteiger partial charge in [0.2, 0.25) is 0 Å². The first-order valence-corrected chi connectivity index (χ1v) is 8.98. The lowest BCUT2D eigenvalue weighted by Crippen LogP contribution is -2.25. The van der Waals surface area contributed by atoms with E-state index in [-0.39, 0.29) is 11.3 Å². The molecule has 1 aliphatic carbocycles. The maximum absolute atomic E-state index is 12.1. The Morgan fingerprint density at radius 2 is 2.00 bits per heavy atom. The molecule has 1 aromatic carbocycles. The van der Waals surface area contributed by atoms with E-state index in [0.29, 0.717) is 23.2 Å². The Morgan fingerprint density at radius 1 is 1.32 bits per heavy atom. The van der Waals surface area contributed by atoms with Crippen LogP contribution in [-0.4, -0.2) is 20.4 Å². The molecule has 0 bridgehead atoms. The highest BCUT2D eigenvalue weighted by molar-refractivity contribution is 7.07. The highest BCUT2D eigenvalue weighted by Crippen LogP contribution is 2.71. The fourth-order valence-corrected chi connectivity index (χ4v) is 4.16. The summed E-state index contributed by atoms with van der Waals surface area (Å²) in [6.45, 7) is 7.99. The molecule has 1 fully saturated rings. The summed E-state index contributed by atoms with van der Waals surface area (Å²) in [6.07, 6.45) is 2.36. The summed E-state index contributed by atoms with van der Waals surface area (Å²) in [5, 5.41) is 10.3. The quantitative estimate of drug-likeness (QED) is 0.766. The minimum absolute atomic E-state index is 0.0236. The molecule has 0 saturated heterocycles. The largest absolute Gasteiger partial charge is 0.481 e. The number of hydrogen-bond acceptors (Lipinski definition) is 5. The third-order valence-electron chi connectivity index (χ3n) is 5.09. The summed E-state index contributed by atoms with van der Waals surface area (Å²) < 4.78 is 10.0. The number of ether oxygens (including phenoxy) is 1. The molecule has 132 valence electrons. The van der Waals surface area contributed by atoms with E-state index in [4.69, 9.17) is 4.74 Å². The van der Waals surface area contributed by atoms with Crippen molar-refractivity contribution < 1.29 is 14.6 Å². The Balaban J connectivity index is 1.81. The van der Waals surface area contributed by atoms with Gasteiger partial charge in [-0.2, -0.15) is 9.36 Å². The zero-order valence-corrected chi connectivity index (χ0v) is 15.6. The van der Waals surface area contributed by atoms with Gasteiger partial charge in [0, 0.05) is 23.9 Å². The van der Waals surface area contributed by atoms with Gasteiger partial charge in [0.05, 0.1) is 5.41 Å². The number of aromatic nitrogens is 2. The molecule has 6 heteroatoms. The van der Waals surface area contributed by atoms with Gasteiger partial charge in [-0.15, -0.1) is 0 Å². The van der Waals surface area contributed by atoms with Crippen molar-refractivity contribution in [2.45, 2.75) is 34.1 Å². The van der Waals surface area contributed by atoms with Crippen molar-refractivity contribution in [3.63, 3.8) is 0 Å². The summed E-state index contributed by atoms with van der Waals surface area (Å²) >= 11 is 1.15. The van der Waals surface area contributed by atoms with E-state index in [1.165, 1.54) is 0 Å². The number of aliphatic carboxylic acids is 1. The standard InChI is InChI=1S/C19H22N2O3S/c1-12(2)10-14-18(3,4)19(14,16(22)23)11-15-20-17(25-21-15)24-13-8-6-5-7-9-13/h5-10,14H,11H2,1-4H3,(H,22,23)/t14-,19+/m1/s1. The minimum atomic E-state index is -0.866. The molecule has 0 unspecified atom stereocenters. The Hall–Kier alpha value is -2.21. The molecule has 0 amide bonds. The number of hydrogen-bond donors (Lipinski definition) is 1. The Morgan fingerprint density at radius 3 is 2.60 bits per heavy atom. The van der Waals surface area contributed by atoms with Gasteiger partial charge < -0.3 is 9.84 Å². The van der Waals surface area contributed by atoms with Gasteiger partial charge in [-0.3, -0.25) is 4.79 Å². The lowest BCUT2D eigenvalue weighted by molar-refractivity contribution is -0.145. The van der Waals surface area contributed by atoms with Crippen LogP contribution < -0.4 is 4.74 Å². The van der Waals surface area contributed by atoms with Gasteiger partial charge in [0.15, 0.2) is 0 Å². The van der Waals surface area contributed by atoms with Crippen LogP contribution in [0, 0.1) is 16.7 Å². The van der Waals surface area contributed by atoms with Crippen LogP contribution in [0.15, 0.2) is 42.0 Å². The number of carboxylic acids is 1. The summed E-state index contributed by atoms with van der Waals surface area (Å²) in [6, 6.07) is 9.36. The fourth-order valence-electron chi connectivity index (χ4n) is 3.59. The van der Waals surface area contributed by atoms with Crippen LogP contribution in [0.25, 0.3) is 0 Å². The molecule has 1 aromatic heterocycles. The number of carboxylic acid groups (broad SMARTS) is 1. The minimum Gasteiger partial charge on any atom is -0.481 e. The van der Waals surface area contributed by atoms with Crippen LogP contribution >= 0.6 is 11.5 Å². The molecule has 0 aliphatic heterocycles. The number of para-hydroxylation sites is 1. The summed E-state index contributed by atoms with van der Waals surface area (Å²) in [4.78, 5) is 16.5. The Labute approximate surface area is 151 Å². The lowest BCUT2D eigenvalue weighted by atomic mass is 9.92. The van der Waals surface area contributed by atoms with Crippen LogP contribution in [0.3, 0.4) is 0 Å². The number of benzene rings is 1. The van der Waals surface area contributed by atoms with E-state index >= 15 is 0 Å². The Kier molecular flexibility index (Phi) is 4.41. The van der Waals surface area contributed by atoms with Crippen LogP contribution in [0.2, 0.25) is 0 Å². The van der Waals surface area contributed by atoms with Crippen molar-refractivity contribution in [2.24, 2.45) is 16.7 Å². The molecule has 2 atom stereocenters. The smallest absolute Gasteiger partial charge is 0.311 e. The molecule has 1 N–H and O–H groups in total. The average molecular weight is 358 g/mol. The maximum atomic E-state index is 12.1. The molecule has 1 saturated carbocycles. The molecule has 2 aromatic rings. The van der Waals surface area contributed by atoms with E-state index < -0.39 is 11.4 Å². The van der Waals surface area contributed by atoms with E-state index in [0.717, 1.165) is 17.1 Å². The normalized spacial score (nSPS) is 23.8. The second-order valence-corrected chi connectivity index (χ2v) is 8.00. The maximum Gasteiger partial charge on any atom is 0.311 e. The summed E-state index contributed by atoms with van der Waals surface area (Å²) in [5.74, 6) is 0.396. The lowest BCUT2D eigenvalue weighted by Gasteiger charge is -2.13. The zero-order valence-electron chi connectivity index (χ0n) is 14.8. The van der Waals surface area contributed by atoms with Gasteiger partial charge in [-0.25, -0.2) is 0 Å². The van der Waals surface area contributed by atoms with E-state index in [1.807, 2.05) is 58.0 Å². The number of nitrogens with zero attached hydrogens (tertiary/aromatic N) is 2. The van der Waals surface area contributed by atoms with Crippen LogP contribution in [0.1, 0.15) is 33.5 Å². The first kappa shape index (κ1) is 17.6. The number of rotatable bonds is 6. The van der Waals surface area contributed by atoms with Gasteiger partial charge in [0.25, 0.3) is 5.19 Å². The van der Waals surface area contributed by atoms with Crippen LogP contribution in [-0.2, 0) is 11.2 Å². The van der Waals surface area contributed by atoms with E-state index in [2.05, 4.69) is 15.4 Å². The van der Waals surface area contributed by atoms with E-state index in [9.17, 15) is 9.90 Å². The fraction of sp³-hybridized carbons (Fsp3) is 0.421. The predicted molar refractivity (Wildman–Crippen MR) is 96.9 cm³/mol. The molecule has 0 radical (unpaired) electrons. The van der Waals surface area contributed by atoms with Gasteiger partial charge >= 0.3 is 5.97 Å². The molecule has 3 rings (SSSR count). The Bertz CT molecular complexity index is 809. The van der Waals surface area contributed by atoms with Crippen molar-refractivity contribution >= 4 is 17.5 Å². The molecule has 0 spiro atoms. The molecule has 5 nitrogen and oxygen atoms in total. The second kappa shape index (κ2) is 6.26. The molecular weight excluding hydrogens is 336 g/mol. The molecule has 25 heavy (non-hydrogen) atoms. The molecular formula is C19H22N2O3S. The zero-order chi connectivity index (χ0) is 18.2. The van der Waals surface area contributed by atoms with Gasteiger partial charge in [-0.05, 0) is 31.4 Å². The number of carbonyl (C=O) groups is 1. The first-order chi connectivity index (χ1) is 11.8. The average Bonchev–Trinajstić information content (AvgIpc) is 2.85. The third-order valence-corrected chi connectivity index (χ3v) is 5.72. The topological polar surface area (TPSA) is 72.3 Å². The predicted octanol–water partition coefficient (Wildman–Crippen LogP) is 4.57. The van der Waals surface area contributed by atoms with Crippen molar-refractivity contribution in [1.82, 2.24) is 9.36 Å². The first-order valence-electron chi connectivity index (χ1n) is 8.21. The summed E-state index contributed by atoms with van der Waals surface area (Å²) in [7, 11) is 0. The highest BCUT2D eigenvalue weighted by Gasteiger charge is 2.74. The van der Waals surface area contributed by atoms with E-state index in [1.54, 1.807) is 0 Å². The van der Waals surface area contributed by atoms with Crippen molar-refractivity contribution in [3.8, 4) is 10.9 Å². The third kappa shape index (κ3) is 3.06. The SMILES string of the molecule is CC(C)=C[C@@H]1C(C)(C)[C@]1(Cc1nsc(Oc2ccccc2)n1)C(=O)O. The van der Waals surface area contributed by atoms with Gasteiger partial charge in [-0.1, -0.05) is 43.7 Å². The molecule has 1 aliphatic rings. The van der Waals surface area contributed by atoms with Crippen molar-refractivity contribution in [3.05, 3.63) is 47.8 Å². The van der Waals surface area contributed by atoms with Gasteiger partial charge in [0.1, 0.15) is 11.6 Å². The monoisotopic (exact) mass is 358 g/mol. The van der Waals surface area contributed by atoms with Crippen molar-refractivity contribution in [1.29, 1.82) is 0 Å². The summed E-state index contributed by atoms with van der Waals surface area (Å²) in [5.41, 5.74) is -0.0717. The number of allylic oxidation sites excluding steroid dienone is 2. The van der Waals surface area contributed by atoms with Crippen LogP contribution in [0.4, 0.5) is 0 Å². The highest BCUT2D eigenvalue weighted by atomic mass is 32.1. The second-order valence-electron chi connectivity index (χ2n) is 7.29. The van der Waals surface area contributed by atoms with Crippen molar-refractivity contribution in [2.75, 3.05) is 0 Å². The molecule has 1 heterocycles.